The summed E-state index contributed by atoms with van der Waals surface area (Å²) in [6.07, 6.45) is 2.50. The monoisotopic (exact) mass is 284 g/mol. The minimum Gasteiger partial charge on any atom is -0.312 e. The first-order valence-electron chi connectivity index (χ1n) is 7.06. The standard InChI is InChI=1S/C15H22ClFN2/c1-2-19-7-5-12(6-8-19)10-18-11-13-9-14(17)3-4-15(13)16/h3-4,9,12,18H,2,5-8,10-11H2,1H3. The van der Waals surface area contributed by atoms with E-state index in [0.717, 1.165) is 24.6 Å². The molecule has 4 heteroatoms. The molecule has 1 aliphatic rings. The fourth-order valence-electron chi connectivity index (χ4n) is 2.60. The summed E-state index contributed by atoms with van der Waals surface area (Å²) < 4.78 is 13.1. The van der Waals surface area contributed by atoms with E-state index in [-0.39, 0.29) is 5.82 Å². The first-order chi connectivity index (χ1) is 9.19. The van der Waals surface area contributed by atoms with E-state index in [0.29, 0.717) is 11.6 Å². The van der Waals surface area contributed by atoms with Crippen LogP contribution in [0.3, 0.4) is 0 Å². The lowest BCUT2D eigenvalue weighted by Gasteiger charge is -2.31. The molecule has 0 unspecified atom stereocenters. The van der Waals surface area contributed by atoms with Crippen molar-refractivity contribution in [1.29, 1.82) is 0 Å². The first kappa shape index (κ1) is 14.8. The molecule has 1 heterocycles. The van der Waals surface area contributed by atoms with Crippen LogP contribution in [0.15, 0.2) is 18.2 Å². The van der Waals surface area contributed by atoms with Gasteiger partial charge in [-0.25, -0.2) is 4.39 Å². The summed E-state index contributed by atoms with van der Waals surface area (Å²) in [5, 5.41) is 4.04. The van der Waals surface area contributed by atoms with Gasteiger partial charge in [-0.15, -0.1) is 0 Å². The fraction of sp³-hybridized carbons (Fsp3) is 0.600. The molecule has 106 valence electrons. The highest BCUT2D eigenvalue weighted by Crippen LogP contribution is 2.18. The number of nitrogens with zero attached hydrogens (tertiary/aromatic N) is 1. The molecule has 0 bridgehead atoms. The molecule has 0 spiro atoms. The molecule has 1 fully saturated rings. The SMILES string of the molecule is CCN1CCC(CNCc2cc(F)ccc2Cl)CC1. The minimum absolute atomic E-state index is 0.225. The Morgan fingerprint density at radius 1 is 1.37 bits per heavy atom. The zero-order valence-electron chi connectivity index (χ0n) is 11.5. The van der Waals surface area contributed by atoms with Crippen molar-refractivity contribution in [1.82, 2.24) is 10.2 Å². The second-order valence-electron chi connectivity index (χ2n) is 5.24. The van der Waals surface area contributed by atoms with Gasteiger partial charge in [0.05, 0.1) is 0 Å². The zero-order valence-corrected chi connectivity index (χ0v) is 12.2. The molecule has 0 radical (unpaired) electrons. The van der Waals surface area contributed by atoms with E-state index in [2.05, 4.69) is 17.1 Å². The lowest BCUT2D eigenvalue weighted by Crippen LogP contribution is -2.36. The summed E-state index contributed by atoms with van der Waals surface area (Å²) in [6.45, 7) is 7.39. The Morgan fingerprint density at radius 2 is 2.11 bits per heavy atom. The Morgan fingerprint density at radius 3 is 2.79 bits per heavy atom. The third-order valence-corrected chi connectivity index (χ3v) is 4.28. The largest absolute Gasteiger partial charge is 0.312 e. The van der Waals surface area contributed by atoms with Gasteiger partial charge in [0.15, 0.2) is 0 Å². The van der Waals surface area contributed by atoms with Crippen LogP contribution in [0, 0.1) is 11.7 Å². The number of hydrogen-bond acceptors (Lipinski definition) is 2. The maximum absolute atomic E-state index is 13.1. The van der Waals surface area contributed by atoms with E-state index in [1.165, 1.54) is 38.1 Å². The summed E-state index contributed by atoms with van der Waals surface area (Å²) in [7, 11) is 0. The van der Waals surface area contributed by atoms with Crippen molar-refractivity contribution in [3.05, 3.63) is 34.6 Å². The van der Waals surface area contributed by atoms with Crippen LogP contribution in [0.25, 0.3) is 0 Å². The molecule has 0 amide bonds. The van der Waals surface area contributed by atoms with Gasteiger partial charge in [-0.2, -0.15) is 0 Å². The molecule has 1 aromatic carbocycles. The van der Waals surface area contributed by atoms with Gasteiger partial charge < -0.3 is 10.2 Å². The van der Waals surface area contributed by atoms with E-state index in [4.69, 9.17) is 11.6 Å². The van der Waals surface area contributed by atoms with Crippen LogP contribution in [-0.2, 0) is 6.54 Å². The number of hydrogen-bond donors (Lipinski definition) is 1. The maximum Gasteiger partial charge on any atom is 0.123 e. The smallest absolute Gasteiger partial charge is 0.123 e. The average Bonchev–Trinajstić information content (AvgIpc) is 2.43. The second kappa shape index (κ2) is 7.22. The van der Waals surface area contributed by atoms with Crippen molar-refractivity contribution in [3.63, 3.8) is 0 Å². The normalized spacial score (nSPS) is 17.8. The number of nitrogens with one attached hydrogen (secondary N) is 1. The number of likely N-dealkylation sites (tertiary alicyclic amines) is 1. The molecule has 0 aromatic heterocycles. The molecule has 1 saturated heterocycles. The summed E-state index contributed by atoms with van der Waals surface area (Å²) >= 11 is 6.04. The van der Waals surface area contributed by atoms with Gasteiger partial charge in [0.25, 0.3) is 0 Å². The van der Waals surface area contributed by atoms with E-state index >= 15 is 0 Å². The summed E-state index contributed by atoms with van der Waals surface area (Å²) in [6, 6.07) is 4.52. The Labute approximate surface area is 119 Å². The quantitative estimate of drug-likeness (QED) is 0.892. The van der Waals surface area contributed by atoms with Crippen LogP contribution in [0.1, 0.15) is 25.3 Å². The van der Waals surface area contributed by atoms with Gasteiger partial charge in [0, 0.05) is 11.6 Å². The molecule has 1 aliphatic heterocycles. The Kier molecular flexibility index (Phi) is 5.61. The lowest BCUT2D eigenvalue weighted by atomic mass is 9.97. The van der Waals surface area contributed by atoms with Crippen molar-refractivity contribution in [2.24, 2.45) is 5.92 Å². The van der Waals surface area contributed by atoms with Gasteiger partial charge in [-0.3, -0.25) is 0 Å². The van der Waals surface area contributed by atoms with Crippen LogP contribution >= 0.6 is 11.6 Å². The molecule has 1 N–H and O–H groups in total. The molecule has 2 nitrogen and oxygen atoms in total. The van der Waals surface area contributed by atoms with Crippen LogP contribution in [0.4, 0.5) is 4.39 Å². The maximum atomic E-state index is 13.1. The minimum atomic E-state index is -0.225. The van der Waals surface area contributed by atoms with Crippen molar-refractivity contribution in [3.8, 4) is 0 Å². The van der Waals surface area contributed by atoms with Gasteiger partial charge in [-0.1, -0.05) is 18.5 Å². The summed E-state index contributed by atoms with van der Waals surface area (Å²) in [5.74, 6) is 0.507. The zero-order chi connectivity index (χ0) is 13.7. The molecule has 1 aromatic rings. The molecular formula is C15H22ClFN2. The highest BCUT2D eigenvalue weighted by molar-refractivity contribution is 6.31. The third kappa shape index (κ3) is 4.44. The molecule has 0 atom stereocenters. The first-order valence-corrected chi connectivity index (χ1v) is 7.44. The van der Waals surface area contributed by atoms with Gasteiger partial charge in [0.2, 0.25) is 0 Å². The second-order valence-corrected chi connectivity index (χ2v) is 5.65. The van der Waals surface area contributed by atoms with Gasteiger partial charge in [0.1, 0.15) is 5.82 Å². The molecular weight excluding hydrogens is 263 g/mol. The number of benzene rings is 1. The molecule has 19 heavy (non-hydrogen) atoms. The van der Waals surface area contributed by atoms with E-state index in [1.807, 2.05) is 0 Å². The van der Waals surface area contributed by atoms with Crippen LogP contribution in [0.2, 0.25) is 5.02 Å². The predicted molar refractivity (Wildman–Crippen MR) is 78.0 cm³/mol. The van der Waals surface area contributed by atoms with Crippen LogP contribution in [-0.4, -0.2) is 31.1 Å². The van der Waals surface area contributed by atoms with Gasteiger partial charge >= 0.3 is 0 Å². The highest BCUT2D eigenvalue weighted by Gasteiger charge is 2.17. The lowest BCUT2D eigenvalue weighted by molar-refractivity contribution is 0.190. The average molecular weight is 285 g/mol. The summed E-state index contributed by atoms with van der Waals surface area (Å²) in [4.78, 5) is 2.49. The third-order valence-electron chi connectivity index (χ3n) is 3.91. The van der Waals surface area contributed by atoms with Gasteiger partial charge in [-0.05, 0) is 68.7 Å². The van der Waals surface area contributed by atoms with Crippen LogP contribution in [0.5, 0.6) is 0 Å². The Hall–Kier alpha value is -0.640. The molecule has 0 saturated carbocycles. The van der Waals surface area contributed by atoms with Crippen molar-refractivity contribution >= 4 is 11.6 Å². The van der Waals surface area contributed by atoms with E-state index in [9.17, 15) is 4.39 Å². The summed E-state index contributed by atoms with van der Waals surface area (Å²) in [5.41, 5.74) is 0.840. The number of rotatable bonds is 5. The fourth-order valence-corrected chi connectivity index (χ4v) is 2.78. The topological polar surface area (TPSA) is 15.3 Å². The van der Waals surface area contributed by atoms with Crippen molar-refractivity contribution < 1.29 is 4.39 Å². The van der Waals surface area contributed by atoms with Crippen molar-refractivity contribution in [2.45, 2.75) is 26.3 Å². The molecule has 0 aliphatic carbocycles. The predicted octanol–water partition coefficient (Wildman–Crippen LogP) is 3.30. The Balaban J connectivity index is 1.73. The highest BCUT2D eigenvalue weighted by atomic mass is 35.5. The number of piperidine rings is 1. The van der Waals surface area contributed by atoms with E-state index < -0.39 is 0 Å². The Bertz CT molecular complexity index is 403. The molecule has 2 rings (SSSR count). The number of halogens is 2. The van der Waals surface area contributed by atoms with Crippen molar-refractivity contribution in [2.75, 3.05) is 26.2 Å². The van der Waals surface area contributed by atoms with Crippen LogP contribution < -0.4 is 5.32 Å². The van der Waals surface area contributed by atoms with E-state index in [1.54, 1.807) is 6.07 Å².